The highest BCUT2D eigenvalue weighted by Gasteiger charge is 2.12. The van der Waals surface area contributed by atoms with Gasteiger partial charge in [0.25, 0.3) is 0 Å². The minimum atomic E-state index is -0.374. The molecule has 0 aromatic heterocycles. The van der Waals surface area contributed by atoms with Gasteiger partial charge in [-0.1, -0.05) is 23.7 Å². The number of carbonyl (C=O) groups is 2. The highest BCUT2D eigenvalue weighted by Crippen LogP contribution is 2.18. The zero-order chi connectivity index (χ0) is 15.0. The van der Waals surface area contributed by atoms with E-state index in [0.717, 1.165) is 5.56 Å². The number of benzene rings is 1. The summed E-state index contributed by atoms with van der Waals surface area (Å²) >= 11 is 5.81. The molecule has 0 fully saturated rings. The Labute approximate surface area is 122 Å². The number of nitrogens with one attached hydrogen (secondary N) is 2. The average molecular weight is 300 g/mol. The van der Waals surface area contributed by atoms with Crippen molar-refractivity contribution in [1.29, 1.82) is 0 Å². The van der Waals surface area contributed by atoms with Crippen molar-refractivity contribution in [2.45, 2.75) is 6.10 Å². The highest BCUT2D eigenvalue weighted by molar-refractivity contribution is 6.30. The Balaban J connectivity index is 2.43. The van der Waals surface area contributed by atoms with Crippen molar-refractivity contribution in [2.75, 3.05) is 26.7 Å². The van der Waals surface area contributed by atoms with E-state index >= 15 is 0 Å². The van der Waals surface area contributed by atoms with Crippen molar-refractivity contribution in [1.82, 2.24) is 10.6 Å². The maximum Gasteiger partial charge on any atom is 0.239 e. The molecule has 2 amide bonds. The van der Waals surface area contributed by atoms with E-state index in [0.29, 0.717) is 11.6 Å². The highest BCUT2D eigenvalue weighted by atomic mass is 35.5. The van der Waals surface area contributed by atoms with E-state index in [4.69, 9.17) is 22.1 Å². The summed E-state index contributed by atoms with van der Waals surface area (Å²) in [5.41, 5.74) is 6.02. The molecule has 0 aliphatic rings. The Morgan fingerprint density at radius 1 is 1.25 bits per heavy atom. The number of hydrogen-bond donors (Lipinski definition) is 3. The van der Waals surface area contributed by atoms with Gasteiger partial charge in [0.15, 0.2) is 0 Å². The fraction of sp³-hybridized carbons (Fsp3) is 0.385. The summed E-state index contributed by atoms with van der Waals surface area (Å²) in [4.78, 5) is 22.4. The van der Waals surface area contributed by atoms with Gasteiger partial charge in [-0.2, -0.15) is 0 Å². The molecule has 20 heavy (non-hydrogen) atoms. The summed E-state index contributed by atoms with van der Waals surface area (Å²) in [5.74, 6) is -0.677. The molecule has 110 valence electrons. The maximum absolute atomic E-state index is 11.5. The van der Waals surface area contributed by atoms with Gasteiger partial charge < -0.3 is 21.1 Å². The number of halogens is 1. The standard InChI is InChI=1S/C13H18ClN3O3/c1-20-11(9-2-4-10(14)5-3-9)7-16-13(19)8-17-12(18)6-15/h2-5,11H,6-8,15H2,1H3,(H,16,19)(H,17,18). The lowest BCUT2D eigenvalue weighted by Crippen LogP contribution is -2.40. The summed E-state index contributed by atoms with van der Waals surface area (Å²) in [7, 11) is 1.56. The van der Waals surface area contributed by atoms with Crippen LogP contribution in [0.5, 0.6) is 0 Å². The quantitative estimate of drug-likeness (QED) is 0.671. The fourth-order valence-electron chi connectivity index (χ4n) is 1.53. The van der Waals surface area contributed by atoms with Crippen LogP contribution in [0, 0.1) is 0 Å². The van der Waals surface area contributed by atoms with E-state index in [2.05, 4.69) is 10.6 Å². The molecule has 6 nitrogen and oxygen atoms in total. The molecule has 0 aliphatic carbocycles. The first-order valence-electron chi connectivity index (χ1n) is 6.08. The predicted octanol–water partition coefficient (Wildman–Crippen LogP) is 0.219. The Bertz CT molecular complexity index is 451. The number of rotatable bonds is 7. The molecule has 1 aromatic carbocycles. The van der Waals surface area contributed by atoms with Gasteiger partial charge in [0.1, 0.15) is 0 Å². The molecule has 0 saturated heterocycles. The minimum Gasteiger partial charge on any atom is -0.375 e. The predicted molar refractivity (Wildman–Crippen MR) is 76.3 cm³/mol. The third kappa shape index (κ3) is 5.56. The molecule has 1 unspecified atom stereocenters. The normalized spacial score (nSPS) is 11.8. The van der Waals surface area contributed by atoms with Gasteiger partial charge in [0.05, 0.1) is 19.2 Å². The van der Waals surface area contributed by atoms with Crippen LogP contribution in [-0.4, -0.2) is 38.6 Å². The molecular formula is C13H18ClN3O3. The number of ether oxygens (including phenoxy) is 1. The van der Waals surface area contributed by atoms with Crippen molar-refractivity contribution >= 4 is 23.4 Å². The van der Waals surface area contributed by atoms with Crippen LogP contribution in [0.3, 0.4) is 0 Å². The van der Waals surface area contributed by atoms with Crippen molar-refractivity contribution in [3.05, 3.63) is 34.9 Å². The van der Waals surface area contributed by atoms with Crippen LogP contribution in [0.4, 0.5) is 0 Å². The van der Waals surface area contributed by atoms with Crippen LogP contribution in [0.1, 0.15) is 11.7 Å². The molecule has 1 rings (SSSR count). The second-order valence-electron chi connectivity index (χ2n) is 4.06. The topological polar surface area (TPSA) is 93.5 Å². The number of carbonyl (C=O) groups excluding carboxylic acids is 2. The summed E-state index contributed by atoms with van der Waals surface area (Å²) in [6.07, 6.45) is -0.276. The first kappa shape index (κ1) is 16.4. The zero-order valence-electron chi connectivity index (χ0n) is 11.2. The van der Waals surface area contributed by atoms with Crippen LogP contribution < -0.4 is 16.4 Å². The van der Waals surface area contributed by atoms with Crippen molar-refractivity contribution in [3.63, 3.8) is 0 Å². The van der Waals surface area contributed by atoms with Crippen molar-refractivity contribution in [3.8, 4) is 0 Å². The Kier molecular flexibility index (Phi) is 7.00. The van der Waals surface area contributed by atoms with Crippen LogP contribution in [-0.2, 0) is 14.3 Å². The zero-order valence-corrected chi connectivity index (χ0v) is 11.9. The van der Waals surface area contributed by atoms with Gasteiger partial charge in [0.2, 0.25) is 11.8 Å². The number of nitrogens with two attached hydrogens (primary N) is 1. The summed E-state index contributed by atoms with van der Waals surface area (Å²) < 4.78 is 5.31. The van der Waals surface area contributed by atoms with Crippen molar-refractivity contribution < 1.29 is 14.3 Å². The van der Waals surface area contributed by atoms with E-state index in [1.807, 2.05) is 12.1 Å². The van der Waals surface area contributed by atoms with Crippen LogP contribution >= 0.6 is 11.6 Å². The lowest BCUT2D eigenvalue weighted by molar-refractivity contribution is -0.125. The van der Waals surface area contributed by atoms with E-state index in [1.54, 1.807) is 19.2 Å². The minimum absolute atomic E-state index is 0.104. The Morgan fingerprint density at radius 2 is 1.90 bits per heavy atom. The number of hydrogen-bond acceptors (Lipinski definition) is 4. The van der Waals surface area contributed by atoms with Gasteiger partial charge >= 0.3 is 0 Å². The van der Waals surface area contributed by atoms with Gasteiger partial charge in [-0.05, 0) is 17.7 Å². The fourth-order valence-corrected chi connectivity index (χ4v) is 1.66. The first-order chi connectivity index (χ1) is 9.56. The lowest BCUT2D eigenvalue weighted by Gasteiger charge is -2.16. The third-order valence-corrected chi connectivity index (χ3v) is 2.89. The van der Waals surface area contributed by atoms with E-state index in [1.165, 1.54) is 0 Å². The Morgan fingerprint density at radius 3 is 2.45 bits per heavy atom. The van der Waals surface area contributed by atoms with Crippen LogP contribution in [0.25, 0.3) is 0 Å². The molecular weight excluding hydrogens is 282 g/mol. The molecule has 0 bridgehead atoms. The summed E-state index contributed by atoms with van der Waals surface area (Å²) in [5, 5.41) is 5.70. The SMILES string of the molecule is COC(CNC(=O)CNC(=O)CN)c1ccc(Cl)cc1. The van der Waals surface area contributed by atoms with E-state index < -0.39 is 0 Å². The summed E-state index contributed by atoms with van der Waals surface area (Å²) in [6, 6.07) is 7.18. The van der Waals surface area contributed by atoms with Crippen LogP contribution in [0.15, 0.2) is 24.3 Å². The molecule has 7 heteroatoms. The van der Waals surface area contributed by atoms with Gasteiger partial charge in [-0.15, -0.1) is 0 Å². The second kappa shape index (κ2) is 8.52. The largest absolute Gasteiger partial charge is 0.375 e. The molecule has 0 spiro atoms. The second-order valence-corrected chi connectivity index (χ2v) is 4.50. The number of amides is 2. The Hall–Kier alpha value is -1.63. The molecule has 0 radical (unpaired) electrons. The number of methoxy groups -OCH3 is 1. The lowest BCUT2D eigenvalue weighted by atomic mass is 10.1. The maximum atomic E-state index is 11.5. The molecule has 1 atom stereocenters. The monoisotopic (exact) mass is 299 g/mol. The van der Waals surface area contributed by atoms with Crippen molar-refractivity contribution in [2.24, 2.45) is 5.73 Å². The van der Waals surface area contributed by atoms with Gasteiger partial charge in [0, 0.05) is 18.7 Å². The average Bonchev–Trinajstić information content (AvgIpc) is 2.47. The smallest absolute Gasteiger partial charge is 0.239 e. The molecule has 1 aromatic rings. The molecule has 0 aliphatic heterocycles. The summed E-state index contributed by atoms with van der Waals surface area (Å²) in [6.45, 7) is 0.0568. The van der Waals surface area contributed by atoms with Gasteiger partial charge in [-0.25, -0.2) is 0 Å². The molecule has 4 N–H and O–H groups in total. The third-order valence-electron chi connectivity index (χ3n) is 2.64. The first-order valence-corrected chi connectivity index (χ1v) is 6.46. The van der Waals surface area contributed by atoms with Crippen LogP contribution in [0.2, 0.25) is 5.02 Å². The van der Waals surface area contributed by atoms with Gasteiger partial charge in [-0.3, -0.25) is 9.59 Å². The molecule has 0 saturated carbocycles. The van der Waals surface area contributed by atoms with E-state index in [9.17, 15) is 9.59 Å². The molecule has 0 heterocycles. The van der Waals surface area contributed by atoms with E-state index in [-0.39, 0.29) is 31.0 Å².